The average Bonchev–Trinajstić information content (AvgIpc) is 2.87. The van der Waals surface area contributed by atoms with Crippen LogP contribution in [0.4, 0.5) is 0 Å². The first-order valence-electron chi connectivity index (χ1n) is 11.7. The largest absolute Gasteiger partial charge is 0.355 e. The van der Waals surface area contributed by atoms with E-state index in [0.29, 0.717) is 31.0 Å². The van der Waals surface area contributed by atoms with Gasteiger partial charge in [0.25, 0.3) is 0 Å². The molecule has 0 fully saturated rings. The number of hydrogen-bond donors (Lipinski definition) is 1. The lowest BCUT2D eigenvalue weighted by Crippen LogP contribution is -2.50. The molecule has 184 valence electrons. The van der Waals surface area contributed by atoms with E-state index in [1.165, 1.54) is 0 Å². The van der Waals surface area contributed by atoms with E-state index in [4.69, 9.17) is 11.6 Å². The van der Waals surface area contributed by atoms with Crippen LogP contribution in [0.25, 0.3) is 0 Å². The van der Waals surface area contributed by atoms with Crippen LogP contribution in [0.15, 0.2) is 88.2 Å². The predicted molar refractivity (Wildman–Crippen MR) is 149 cm³/mol. The molecule has 0 saturated carbocycles. The molecule has 0 aliphatic rings. The lowest BCUT2D eigenvalue weighted by molar-refractivity contribution is -0.141. The summed E-state index contributed by atoms with van der Waals surface area (Å²) in [4.78, 5) is 29.5. The molecule has 4 nitrogen and oxygen atoms in total. The van der Waals surface area contributed by atoms with Crippen molar-refractivity contribution in [1.82, 2.24) is 10.2 Å². The van der Waals surface area contributed by atoms with Gasteiger partial charge in [-0.2, -0.15) is 0 Å². The smallest absolute Gasteiger partial charge is 0.243 e. The van der Waals surface area contributed by atoms with Gasteiger partial charge in [0.2, 0.25) is 11.8 Å². The van der Waals surface area contributed by atoms with Crippen molar-refractivity contribution < 1.29 is 9.59 Å². The molecule has 0 spiro atoms. The minimum absolute atomic E-state index is 0.0168. The van der Waals surface area contributed by atoms with Gasteiger partial charge in [0, 0.05) is 40.3 Å². The molecule has 0 aromatic heterocycles. The molecule has 3 aromatic carbocycles. The Morgan fingerprint density at radius 2 is 1.66 bits per heavy atom. The van der Waals surface area contributed by atoms with Crippen molar-refractivity contribution in [2.24, 2.45) is 0 Å². The molecule has 3 rings (SSSR count). The summed E-state index contributed by atoms with van der Waals surface area (Å²) in [6.45, 7) is 2.79. The Labute approximate surface area is 225 Å². The number of likely N-dealkylation sites (N-methyl/N-ethyl adjacent to an activating group) is 1. The van der Waals surface area contributed by atoms with E-state index in [1.807, 2.05) is 85.8 Å². The van der Waals surface area contributed by atoms with E-state index in [0.717, 1.165) is 32.7 Å². The van der Waals surface area contributed by atoms with Crippen molar-refractivity contribution in [1.29, 1.82) is 0 Å². The minimum Gasteiger partial charge on any atom is -0.355 e. The number of thioether (sulfide) groups is 1. The molecule has 0 aliphatic carbocycles. The second kappa shape index (κ2) is 14.3. The fourth-order valence-corrected chi connectivity index (χ4v) is 4.96. The van der Waals surface area contributed by atoms with E-state index in [1.54, 1.807) is 16.7 Å². The van der Waals surface area contributed by atoms with Crippen molar-refractivity contribution in [3.8, 4) is 0 Å². The Morgan fingerprint density at radius 3 is 2.31 bits per heavy atom. The molecule has 1 N–H and O–H groups in total. The van der Waals surface area contributed by atoms with Gasteiger partial charge in [-0.1, -0.05) is 70.0 Å². The number of carbonyl (C=O) groups is 2. The first kappa shape index (κ1) is 27.3. The van der Waals surface area contributed by atoms with Crippen LogP contribution in [0.1, 0.15) is 30.9 Å². The Morgan fingerprint density at radius 1 is 0.971 bits per heavy atom. The van der Waals surface area contributed by atoms with Crippen LogP contribution in [-0.4, -0.2) is 35.1 Å². The van der Waals surface area contributed by atoms with Crippen molar-refractivity contribution in [2.75, 3.05) is 12.3 Å². The number of amides is 2. The van der Waals surface area contributed by atoms with Gasteiger partial charge >= 0.3 is 0 Å². The summed E-state index contributed by atoms with van der Waals surface area (Å²) in [5, 5.41) is 3.65. The van der Waals surface area contributed by atoms with E-state index in [9.17, 15) is 9.59 Å². The van der Waals surface area contributed by atoms with Crippen molar-refractivity contribution >= 4 is 51.1 Å². The van der Waals surface area contributed by atoms with Crippen LogP contribution < -0.4 is 5.32 Å². The van der Waals surface area contributed by atoms with Gasteiger partial charge in [-0.15, -0.1) is 11.8 Å². The standard InChI is InChI=1S/C28H30BrClN2O2S/c1-2-31-28(34)26(19-21-7-4-3-5-8-21)32(20-22-10-12-23(29)13-11-22)27(33)9-6-18-35-25-16-14-24(30)15-17-25/h3-5,7-8,10-17,26H,2,6,9,18-20H2,1H3,(H,31,34)/t26-/m1/s1. The summed E-state index contributed by atoms with van der Waals surface area (Å²) in [7, 11) is 0. The van der Waals surface area contributed by atoms with Crippen LogP contribution in [0.3, 0.4) is 0 Å². The van der Waals surface area contributed by atoms with Crippen LogP contribution in [0, 0.1) is 0 Å². The highest BCUT2D eigenvalue weighted by molar-refractivity contribution is 9.10. The number of hydrogen-bond acceptors (Lipinski definition) is 3. The van der Waals surface area contributed by atoms with E-state index < -0.39 is 6.04 Å². The molecule has 0 radical (unpaired) electrons. The van der Waals surface area contributed by atoms with Crippen molar-refractivity contribution in [2.45, 2.75) is 43.7 Å². The molecular formula is C28H30BrClN2O2S. The monoisotopic (exact) mass is 572 g/mol. The molecule has 3 aromatic rings. The predicted octanol–water partition coefficient (Wildman–Crippen LogP) is 6.75. The Balaban J connectivity index is 1.75. The fraction of sp³-hybridized carbons (Fsp3) is 0.286. The Hall–Kier alpha value is -2.28. The highest BCUT2D eigenvalue weighted by Crippen LogP contribution is 2.23. The van der Waals surface area contributed by atoms with Gasteiger partial charge < -0.3 is 10.2 Å². The second-order valence-electron chi connectivity index (χ2n) is 8.15. The molecule has 0 aliphatic heterocycles. The number of nitrogens with zero attached hydrogens (tertiary/aromatic N) is 1. The molecule has 0 bridgehead atoms. The summed E-state index contributed by atoms with van der Waals surface area (Å²) >= 11 is 11.1. The lowest BCUT2D eigenvalue weighted by Gasteiger charge is -2.31. The highest BCUT2D eigenvalue weighted by Gasteiger charge is 2.29. The maximum Gasteiger partial charge on any atom is 0.243 e. The first-order chi connectivity index (χ1) is 17.0. The summed E-state index contributed by atoms with van der Waals surface area (Å²) < 4.78 is 0.975. The lowest BCUT2D eigenvalue weighted by atomic mass is 10.0. The topological polar surface area (TPSA) is 49.4 Å². The second-order valence-corrected chi connectivity index (χ2v) is 10.7. The summed E-state index contributed by atoms with van der Waals surface area (Å²) in [5.41, 5.74) is 2.01. The average molecular weight is 574 g/mol. The van der Waals surface area contributed by atoms with Gasteiger partial charge in [0.05, 0.1) is 0 Å². The zero-order valence-corrected chi connectivity index (χ0v) is 22.9. The minimum atomic E-state index is -0.586. The summed E-state index contributed by atoms with van der Waals surface area (Å²) in [6.07, 6.45) is 1.56. The third-order valence-electron chi connectivity index (χ3n) is 5.51. The fourth-order valence-electron chi connectivity index (χ4n) is 3.72. The zero-order valence-electron chi connectivity index (χ0n) is 19.8. The Kier molecular flexibility index (Phi) is 11.2. The number of halogens is 2. The molecule has 0 saturated heterocycles. The van der Waals surface area contributed by atoms with E-state index in [-0.39, 0.29) is 11.8 Å². The zero-order chi connectivity index (χ0) is 25.0. The number of rotatable bonds is 12. The maximum atomic E-state index is 13.5. The number of nitrogens with one attached hydrogen (secondary N) is 1. The third-order valence-corrected chi connectivity index (χ3v) is 7.38. The molecule has 0 heterocycles. The molecule has 7 heteroatoms. The summed E-state index contributed by atoms with van der Waals surface area (Å²) in [5.74, 6) is 0.665. The van der Waals surface area contributed by atoms with Crippen LogP contribution in [0.5, 0.6) is 0 Å². The van der Waals surface area contributed by atoms with Crippen LogP contribution in [-0.2, 0) is 22.6 Å². The SMILES string of the molecule is CCNC(=O)[C@@H](Cc1ccccc1)N(Cc1ccc(Br)cc1)C(=O)CCCSc1ccc(Cl)cc1. The van der Waals surface area contributed by atoms with E-state index >= 15 is 0 Å². The van der Waals surface area contributed by atoms with Gasteiger partial charge in [0.15, 0.2) is 0 Å². The molecule has 35 heavy (non-hydrogen) atoms. The van der Waals surface area contributed by atoms with Crippen molar-refractivity contribution in [3.05, 3.63) is 99.5 Å². The van der Waals surface area contributed by atoms with Gasteiger partial charge in [-0.3, -0.25) is 9.59 Å². The van der Waals surface area contributed by atoms with Crippen LogP contribution in [0.2, 0.25) is 5.02 Å². The maximum absolute atomic E-state index is 13.5. The highest BCUT2D eigenvalue weighted by atomic mass is 79.9. The number of carbonyl (C=O) groups excluding carboxylic acids is 2. The van der Waals surface area contributed by atoms with Crippen LogP contribution >= 0.6 is 39.3 Å². The quantitative estimate of drug-likeness (QED) is 0.193. The van der Waals surface area contributed by atoms with Gasteiger partial charge in [-0.05, 0) is 66.6 Å². The molecular weight excluding hydrogens is 544 g/mol. The normalized spacial score (nSPS) is 11.6. The Bertz CT molecular complexity index is 1080. The summed E-state index contributed by atoms with van der Waals surface area (Å²) in [6, 6.07) is 24.9. The van der Waals surface area contributed by atoms with Gasteiger partial charge in [0.1, 0.15) is 6.04 Å². The first-order valence-corrected chi connectivity index (χ1v) is 13.9. The van der Waals surface area contributed by atoms with Crippen molar-refractivity contribution in [3.63, 3.8) is 0 Å². The molecule has 1 atom stereocenters. The van der Waals surface area contributed by atoms with Gasteiger partial charge in [-0.25, -0.2) is 0 Å². The number of benzene rings is 3. The molecule has 0 unspecified atom stereocenters. The van der Waals surface area contributed by atoms with E-state index in [2.05, 4.69) is 21.2 Å². The third kappa shape index (κ3) is 9.02. The molecule has 2 amide bonds.